The third-order valence-electron chi connectivity index (χ3n) is 2.88. The first-order valence-corrected chi connectivity index (χ1v) is 6.83. The minimum atomic E-state index is 0.323. The Balaban J connectivity index is 3.75. The number of nitrogens with one attached hydrogen (secondary N) is 1. The van der Waals surface area contributed by atoms with Gasteiger partial charge < -0.3 is 10.1 Å². The fourth-order valence-corrected chi connectivity index (χ4v) is 1.71. The Kier molecular flexibility index (Phi) is 8.96. The van der Waals surface area contributed by atoms with Crippen LogP contribution in [0.25, 0.3) is 0 Å². The molecule has 1 unspecified atom stereocenters. The van der Waals surface area contributed by atoms with E-state index in [1.54, 1.807) is 0 Å². The van der Waals surface area contributed by atoms with Crippen LogP contribution >= 0.6 is 0 Å². The second kappa shape index (κ2) is 9.00. The van der Waals surface area contributed by atoms with E-state index in [0.717, 1.165) is 26.2 Å². The Hall–Kier alpha value is -0.0800. The third kappa shape index (κ3) is 8.12. The molecule has 0 radical (unpaired) electrons. The molecule has 0 aromatic heterocycles. The van der Waals surface area contributed by atoms with Gasteiger partial charge in [-0.2, -0.15) is 0 Å². The summed E-state index contributed by atoms with van der Waals surface area (Å²) in [7, 11) is 0. The van der Waals surface area contributed by atoms with Crippen LogP contribution in [0.2, 0.25) is 0 Å². The van der Waals surface area contributed by atoms with Crippen molar-refractivity contribution in [2.45, 2.75) is 66.3 Å². The largest absolute Gasteiger partial charge is 0.381 e. The van der Waals surface area contributed by atoms with Gasteiger partial charge in [0.25, 0.3) is 0 Å². The molecule has 0 saturated heterocycles. The van der Waals surface area contributed by atoms with Crippen LogP contribution in [0.3, 0.4) is 0 Å². The lowest BCUT2D eigenvalue weighted by molar-refractivity contribution is 0.106. The van der Waals surface area contributed by atoms with Crippen LogP contribution in [-0.4, -0.2) is 25.8 Å². The second-order valence-corrected chi connectivity index (χ2v) is 5.63. The van der Waals surface area contributed by atoms with Crippen molar-refractivity contribution in [3.8, 4) is 0 Å². The van der Waals surface area contributed by atoms with E-state index in [1.807, 2.05) is 0 Å². The number of hydrogen-bond acceptors (Lipinski definition) is 2. The van der Waals surface area contributed by atoms with Gasteiger partial charge in [-0.05, 0) is 31.2 Å². The van der Waals surface area contributed by atoms with Crippen molar-refractivity contribution in [2.75, 3.05) is 19.8 Å². The minimum Gasteiger partial charge on any atom is -0.381 e. The minimum absolute atomic E-state index is 0.323. The number of rotatable bonds is 9. The standard InChI is InChI=1S/C14H31NO/c1-6-8-11-16-12-9-13(14(3,4)5)15-10-7-2/h13,15H,6-12H2,1-5H3. The Morgan fingerprint density at radius 3 is 2.25 bits per heavy atom. The van der Waals surface area contributed by atoms with Gasteiger partial charge in [-0.1, -0.05) is 41.0 Å². The molecule has 98 valence electrons. The molecule has 0 amide bonds. The van der Waals surface area contributed by atoms with E-state index in [-0.39, 0.29) is 0 Å². The van der Waals surface area contributed by atoms with Crippen molar-refractivity contribution < 1.29 is 4.74 Å². The van der Waals surface area contributed by atoms with Crippen LogP contribution in [0.15, 0.2) is 0 Å². The molecule has 2 heteroatoms. The highest BCUT2D eigenvalue weighted by molar-refractivity contribution is 4.80. The molecule has 0 heterocycles. The molecule has 0 rings (SSSR count). The van der Waals surface area contributed by atoms with Gasteiger partial charge in [0.2, 0.25) is 0 Å². The molecule has 0 aliphatic heterocycles. The molecule has 0 aromatic carbocycles. The molecule has 0 saturated carbocycles. The fourth-order valence-electron chi connectivity index (χ4n) is 1.71. The monoisotopic (exact) mass is 229 g/mol. The summed E-state index contributed by atoms with van der Waals surface area (Å²) in [6.45, 7) is 14.2. The van der Waals surface area contributed by atoms with Crippen LogP contribution in [0.4, 0.5) is 0 Å². The number of unbranched alkanes of at least 4 members (excludes halogenated alkanes) is 1. The summed E-state index contributed by atoms with van der Waals surface area (Å²) in [5, 5.41) is 3.62. The van der Waals surface area contributed by atoms with Gasteiger partial charge in [0.15, 0.2) is 0 Å². The summed E-state index contributed by atoms with van der Waals surface area (Å²) in [5.74, 6) is 0. The SMILES string of the molecule is CCCCOCCC(NCCC)C(C)(C)C. The van der Waals surface area contributed by atoms with Crippen LogP contribution < -0.4 is 5.32 Å². The van der Waals surface area contributed by atoms with Gasteiger partial charge in [-0.3, -0.25) is 0 Å². The summed E-state index contributed by atoms with van der Waals surface area (Å²) < 4.78 is 5.64. The number of hydrogen-bond donors (Lipinski definition) is 1. The van der Waals surface area contributed by atoms with E-state index in [1.165, 1.54) is 19.3 Å². The Labute approximate surface area is 102 Å². The van der Waals surface area contributed by atoms with E-state index in [4.69, 9.17) is 4.74 Å². The first kappa shape index (κ1) is 15.9. The average molecular weight is 229 g/mol. The quantitative estimate of drug-likeness (QED) is 0.610. The first-order chi connectivity index (χ1) is 7.52. The molecule has 0 aliphatic carbocycles. The molecule has 16 heavy (non-hydrogen) atoms. The van der Waals surface area contributed by atoms with E-state index in [9.17, 15) is 0 Å². The van der Waals surface area contributed by atoms with Gasteiger partial charge >= 0.3 is 0 Å². The van der Waals surface area contributed by atoms with Gasteiger partial charge in [-0.25, -0.2) is 0 Å². The Morgan fingerprint density at radius 1 is 1.06 bits per heavy atom. The highest BCUT2D eigenvalue weighted by Crippen LogP contribution is 2.21. The highest BCUT2D eigenvalue weighted by atomic mass is 16.5. The topological polar surface area (TPSA) is 21.3 Å². The van der Waals surface area contributed by atoms with Crippen molar-refractivity contribution >= 4 is 0 Å². The molecular weight excluding hydrogens is 198 g/mol. The van der Waals surface area contributed by atoms with Crippen molar-refractivity contribution in [3.63, 3.8) is 0 Å². The molecular formula is C14H31NO. The van der Waals surface area contributed by atoms with Crippen molar-refractivity contribution in [3.05, 3.63) is 0 Å². The zero-order valence-corrected chi connectivity index (χ0v) is 11.9. The van der Waals surface area contributed by atoms with E-state index in [0.29, 0.717) is 11.5 Å². The normalized spacial score (nSPS) is 14.1. The average Bonchev–Trinajstić information content (AvgIpc) is 2.20. The third-order valence-corrected chi connectivity index (χ3v) is 2.88. The molecule has 1 N–H and O–H groups in total. The Bertz CT molecular complexity index is 151. The maximum atomic E-state index is 5.64. The maximum Gasteiger partial charge on any atom is 0.0481 e. The predicted molar refractivity (Wildman–Crippen MR) is 71.9 cm³/mol. The zero-order chi connectivity index (χ0) is 12.4. The molecule has 0 aliphatic rings. The molecule has 0 fully saturated rings. The molecule has 2 nitrogen and oxygen atoms in total. The van der Waals surface area contributed by atoms with Crippen LogP contribution in [0, 0.1) is 5.41 Å². The smallest absolute Gasteiger partial charge is 0.0481 e. The zero-order valence-electron chi connectivity index (χ0n) is 11.9. The maximum absolute atomic E-state index is 5.64. The molecule has 0 bridgehead atoms. The van der Waals surface area contributed by atoms with Crippen LogP contribution in [0.1, 0.15) is 60.3 Å². The van der Waals surface area contributed by atoms with E-state index >= 15 is 0 Å². The summed E-state index contributed by atoms with van der Waals surface area (Å²) in [5.41, 5.74) is 0.323. The van der Waals surface area contributed by atoms with E-state index < -0.39 is 0 Å². The first-order valence-electron chi connectivity index (χ1n) is 6.83. The lowest BCUT2D eigenvalue weighted by atomic mass is 9.85. The Morgan fingerprint density at radius 2 is 1.75 bits per heavy atom. The predicted octanol–water partition coefficient (Wildman–Crippen LogP) is 3.61. The second-order valence-electron chi connectivity index (χ2n) is 5.63. The van der Waals surface area contributed by atoms with E-state index in [2.05, 4.69) is 39.9 Å². The molecule has 1 atom stereocenters. The van der Waals surface area contributed by atoms with Gasteiger partial charge in [0.1, 0.15) is 0 Å². The lowest BCUT2D eigenvalue weighted by Gasteiger charge is -2.31. The molecule has 0 spiro atoms. The van der Waals surface area contributed by atoms with Crippen molar-refractivity contribution in [1.29, 1.82) is 0 Å². The van der Waals surface area contributed by atoms with Crippen molar-refractivity contribution in [1.82, 2.24) is 5.32 Å². The van der Waals surface area contributed by atoms with Crippen LogP contribution in [-0.2, 0) is 4.74 Å². The summed E-state index contributed by atoms with van der Waals surface area (Å²) >= 11 is 0. The summed E-state index contributed by atoms with van der Waals surface area (Å²) in [6.07, 6.45) is 4.72. The van der Waals surface area contributed by atoms with Crippen molar-refractivity contribution in [2.24, 2.45) is 5.41 Å². The highest BCUT2D eigenvalue weighted by Gasteiger charge is 2.23. The van der Waals surface area contributed by atoms with Gasteiger partial charge in [0.05, 0.1) is 0 Å². The fraction of sp³-hybridized carbons (Fsp3) is 1.00. The summed E-state index contributed by atoms with van der Waals surface area (Å²) in [6, 6.07) is 0.564. The van der Waals surface area contributed by atoms with Gasteiger partial charge in [-0.15, -0.1) is 0 Å². The molecule has 0 aromatic rings. The lowest BCUT2D eigenvalue weighted by Crippen LogP contribution is -2.41. The summed E-state index contributed by atoms with van der Waals surface area (Å²) in [4.78, 5) is 0. The van der Waals surface area contributed by atoms with Gasteiger partial charge in [0, 0.05) is 19.3 Å². The van der Waals surface area contributed by atoms with Crippen LogP contribution in [0.5, 0.6) is 0 Å². The number of ether oxygens (including phenoxy) is 1.